The summed E-state index contributed by atoms with van der Waals surface area (Å²) in [7, 11) is 1.73. The van der Waals surface area contributed by atoms with E-state index in [4.69, 9.17) is 4.74 Å². The van der Waals surface area contributed by atoms with Gasteiger partial charge in [0.1, 0.15) is 0 Å². The van der Waals surface area contributed by atoms with E-state index in [2.05, 4.69) is 9.80 Å². The number of rotatable bonds is 6. The van der Waals surface area contributed by atoms with Crippen LogP contribution in [0.5, 0.6) is 0 Å². The first-order valence-corrected chi connectivity index (χ1v) is 9.22. The van der Waals surface area contributed by atoms with Crippen LogP contribution in [0, 0.1) is 15.9 Å². The van der Waals surface area contributed by atoms with Gasteiger partial charge in [0, 0.05) is 65.0 Å². The first-order chi connectivity index (χ1) is 12.6. The Hall–Kier alpha value is -1.77. The molecule has 2 aliphatic rings. The van der Waals surface area contributed by atoms with Crippen LogP contribution in [-0.4, -0.2) is 80.3 Å². The summed E-state index contributed by atoms with van der Waals surface area (Å²) >= 11 is 0. The Morgan fingerprint density at radius 3 is 2.46 bits per heavy atom. The number of hydrogen-bond donors (Lipinski definition) is 0. The quantitative estimate of drug-likeness (QED) is 0.567. The topological polar surface area (TPSA) is 62.1 Å². The maximum atomic E-state index is 14.2. The van der Waals surface area contributed by atoms with Crippen molar-refractivity contribution < 1.29 is 14.1 Å². The molecular formula is C18H27FN4O3. The maximum Gasteiger partial charge on any atom is 0.272 e. The molecule has 0 atom stereocenters. The van der Waals surface area contributed by atoms with E-state index in [1.165, 1.54) is 12.1 Å². The second-order valence-electron chi connectivity index (χ2n) is 6.98. The van der Waals surface area contributed by atoms with E-state index < -0.39 is 10.7 Å². The van der Waals surface area contributed by atoms with Crippen molar-refractivity contribution in [3.8, 4) is 0 Å². The van der Waals surface area contributed by atoms with Gasteiger partial charge in [-0.05, 0) is 18.9 Å². The molecule has 0 unspecified atom stereocenters. The van der Waals surface area contributed by atoms with Crippen molar-refractivity contribution in [2.75, 3.05) is 64.4 Å². The highest BCUT2D eigenvalue weighted by atomic mass is 19.1. The average Bonchev–Trinajstić information content (AvgIpc) is 2.67. The zero-order valence-electron chi connectivity index (χ0n) is 15.3. The Balaban J connectivity index is 1.50. The minimum absolute atomic E-state index is 0.201. The largest absolute Gasteiger partial charge is 0.383 e. The lowest BCUT2D eigenvalue weighted by Crippen LogP contribution is -2.53. The number of nitrogens with zero attached hydrogens (tertiary/aromatic N) is 4. The van der Waals surface area contributed by atoms with Crippen LogP contribution in [0.15, 0.2) is 18.2 Å². The molecule has 2 aliphatic heterocycles. The van der Waals surface area contributed by atoms with Crippen LogP contribution in [0.1, 0.15) is 12.8 Å². The molecule has 0 aromatic heterocycles. The van der Waals surface area contributed by atoms with Crippen LogP contribution in [0.3, 0.4) is 0 Å². The molecule has 7 nitrogen and oxygen atoms in total. The third-order valence-electron chi connectivity index (χ3n) is 5.48. The van der Waals surface area contributed by atoms with E-state index in [-0.39, 0.29) is 5.69 Å². The SMILES string of the molecule is COCCN1CCN(C2CCN(c3ccc([N+](=O)[O-])cc3F)CC2)CC1. The van der Waals surface area contributed by atoms with Gasteiger partial charge >= 0.3 is 0 Å². The summed E-state index contributed by atoms with van der Waals surface area (Å²) in [5, 5.41) is 10.7. The van der Waals surface area contributed by atoms with Crippen LogP contribution >= 0.6 is 0 Å². The van der Waals surface area contributed by atoms with Gasteiger partial charge in [-0.1, -0.05) is 0 Å². The zero-order chi connectivity index (χ0) is 18.5. The van der Waals surface area contributed by atoms with Gasteiger partial charge < -0.3 is 9.64 Å². The summed E-state index contributed by atoms with van der Waals surface area (Å²) in [6.45, 7) is 7.61. The molecule has 144 valence electrons. The summed E-state index contributed by atoms with van der Waals surface area (Å²) in [4.78, 5) is 17.2. The second kappa shape index (κ2) is 8.75. The molecule has 8 heteroatoms. The fourth-order valence-electron chi connectivity index (χ4n) is 3.91. The lowest BCUT2D eigenvalue weighted by Gasteiger charge is -2.43. The lowest BCUT2D eigenvalue weighted by atomic mass is 10.0. The van der Waals surface area contributed by atoms with Gasteiger partial charge in [-0.3, -0.25) is 19.9 Å². The van der Waals surface area contributed by atoms with Gasteiger partial charge in [0.05, 0.1) is 23.3 Å². The number of nitro benzene ring substituents is 1. The molecular weight excluding hydrogens is 339 g/mol. The third-order valence-corrected chi connectivity index (χ3v) is 5.48. The highest BCUT2D eigenvalue weighted by molar-refractivity contribution is 5.52. The number of benzene rings is 1. The normalized spacial score (nSPS) is 20.5. The maximum absolute atomic E-state index is 14.2. The van der Waals surface area contributed by atoms with Gasteiger partial charge in [-0.25, -0.2) is 4.39 Å². The number of anilines is 1. The molecule has 0 aliphatic carbocycles. The number of hydrogen-bond acceptors (Lipinski definition) is 6. The zero-order valence-corrected chi connectivity index (χ0v) is 15.3. The minimum Gasteiger partial charge on any atom is -0.383 e. The van der Waals surface area contributed by atoms with Gasteiger partial charge in [0.2, 0.25) is 0 Å². The van der Waals surface area contributed by atoms with Crippen molar-refractivity contribution in [1.82, 2.24) is 9.80 Å². The predicted octanol–water partition coefficient (Wildman–Crippen LogP) is 1.97. The molecule has 1 aromatic carbocycles. The van der Waals surface area contributed by atoms with E-state index in [0.29, 0.717) is 11.7 Å². The van der Waals surface area contributed by atoms with E-state index in [0.717, 1.165) is 71.3 Å². The summed E-state index contributed by atoms with van der Waals surface area (Å²) in [5.41, 5.74) is 0.269. The van der Waals surface area contributed by atoms with Crippen LogP contribution in [0.2, 0.25) is 0 Å². The fourth-order valence-corrected chi connectivity index (χ4v) is 3.91. The molecule has 0 saturated carbocycles. The Kier molecular flexibility index (Phi) is 6.39. The van der Waals surface area contributed by atoms with Crippen LogP contribution < -0.4 is 4.90 Å². The summed E-state index contributed by atoms with van der Waals surface area (Å²) in [5.74, 6) is -0.510. The molecule has 2 saturated heterocycles. The first kappa shape index (κ1) is 19.0. The Labute approximate surface area is 153 Å². The van der Waals surface area contributed by atoms with Crippen molar-refractivity contribution in [2.45, 2.75) is 18.9 Å². The lowest BCUT2D eigenvalue weighted by molar-refractivity contribution is -0.385. The number of methoxy groups -OCH3 is 1. The summed E-state index contributed by atoms with van der Waals surface area (Å²) in [6.07, 6.45) is 1.99. The Morgan fingerprint density at radius 1 is 1.19 bits per heavy atom. The number of halogens is 1. The highest BCUT2D eigenvalue weighted by Gasteiger charge is 2.28. The van der Waals surface area contributed by atoms with E-state index >= 15 is 0 Å². The van der Waals surface area contributed by atoms with Crippen molar-refractivity contribution in [1.29, 1.82) is 0 Å². The smallest absolute Gasteiger partial charge is 0.272 e. The number of piperidine rings is 1. The third kappa shape index (κ3) is 4.49. The Morgan fingerprint density at radius 2 is 1.88 bits per heavy atom. The molecule has 1 aromatic rings. The minimum atomic E-state index is -0.564. The van der Waals surface area contributed by atoms with Crippen LogP contribution in [0.25, 0.3) is 0 Å². The Bertz CT molecular complexity index is 614. The van der Waals surface area contributed by atoms with Crippen molar-refractivity contribution in [3.63, 3.8) is 0 Å². The van der Waals surface area contributed by atoms with Crippen molar-refractivity contribution in [3.05, 3.63) is 34.1 Å². The summed E-state index contributed by atoms with van der Waals surface area (Å²) < 4.78 is 19.4. The molecule has 0 bridgehead atoms. The van der Waals surface area contributed by atoms with Gasteiger partial charge in [-0.15, -0.1) is 0 Å². The predicted molar refractivity (Wildman–Crippen MR) is 98.2 cm³/mol. The molecule has 0 amide bonds. The average molecular weight is 366 g/mol. The first-order valence-electron chi connectivity index (χ1n) is 9.22. The van der Waals surface area contributed by atoms with Gasteiger partial charge in [0.25, 0.3) is 5.69 Å². The molecule has 2 heterocycles. The number of non-ortho nitro benzene ring substituents is 1. The molecule has 0 spiro atoms. The van der Waals surface area contributed by atoms with E-state index in [9.17, 15) is 14.5 Å². The molecule has 0 N–H and O–H groups in total. The fraction of sp³-hybridized carbons (Fsp3) is 0.667. The van der Waals surface area contributed by atoms with Crippen molar-refractivity contribution >= 4 is 11.4 Å². The van der Waals surface area contributed by atoms with E-state index in [1.54, 1.807) is 7.11 Å². The van der Waals surface area contributed by atoms with Gasteiger partial charge in [0.15, 0.2) is 5.82 Å². The molecule has 0 radical (unpaired) electrons. The van der Waals surface area contributed by atoms with E-state index in [1.807, 2.05) is 4.90 Å². The van der Waals surface area contributed by atoms with Crippen molar-refractivity contribution in [2.24, 2.45) is 0 Å². The molecule has 2 fully saturated rings. The van der Waals surface area contributed by atoms with Crippen LogP contribution in [0.4, 0.5) is 15.8 Å². The summed E-state index contributed by atoms with van der Waals surface area (Å²) in [6, 6.07) is 4.46. The standard InChI is InChI=1S/C18H27FN4O3/c1-26-13-12-20-8-10-21(11-9-20)15-4-6-22(7-5-15)18-3-2-16(23(24)25)14-17(18)19/h2-3,14-15H,4-13H2,1H3. The number of piperazine rings is 1. The molecule has 3 rings (SSSR count). The van der Waals surface area contributed by atoms with Gasteiger partial charge in [-0.2, -0.15) is 0 Å². The number of ether oxygens (including phenoxy) is 1. The number of nitro groups is 1. The van der Waals surface area contributed by atoms with Crippen LogP contribution in [-0.2, 0) is 4.74 Å². The molecule has 26 heavy (non-hydrogen) atoms. The second-order valence-corrected chi connectivity index (χ2v) is 6.98. The highest BCUT2D eigenvalue weighted by Crippen LogP contribution is 2.28. The monoisotopic (exact) mass is 366 g/mol.